The Balaban J connectivity index is 0.00000180. The minimum absolute atomic E-state index is 0. The molecular weight excluding hydrogens is 380 g/mol. The molecule has 2 aromatic rings. The number of ether oxygens (including phenoxy) is 1. The molecule has 4 nitrogen and oxygen atoms in total. The number of fused-ring (bicyclic) bond motifs is 6. The fourth-order valence-electron chi connectivity index (χ4n) is 5.15. The molecule has 0 radical (unpaired) electrons. The minimum Gasteiger partial charge on any atom is -0.493 e. The highest BCUT2D eigenvalue weighted by Gasteiger charge is 2.48. The fraction of sp³-hybridized carbons (Fsp3) is 0.571. The molecule has 1 N–H and O–H groups in total. The highest BCUT2D eigenvalue weighted by molar-refractivity contribution is 7.21. The van der Waals surface area contributed by atoms with Crippen molar-refractivity contribution >= 4 is 39.7 Å². The molecule has 1 aromatic heterocycles. The van der Waals surface area contributed by atoms with E-state index in [1.54, 1.807) is 11.3 Å². The molecule has 2 bridgehead atoms. The number of nitrogens with one attached hydrogen (secondary N) is 1. The number of carbonyl (C=O) groups is 1. The largest absolute Gasteiger partial charge is 0.493 e. The van der Waals surface area contributed by atoms with Gasteiger partial charge in [0.1, 0.15) is 5.75 Å². The highest BCUT2D eigenvalue weighted by atomic mass is 35.5. The lowest BCUT2D eigenvalue weighted by atomic mass is 9.72. The van der Waals surface area contributed by atoms with Crippen molar-refractivity contribution in [2.45, 2.75) is 51.1 Å². The number of thiophene rings is 1. The SMILES string of the molecule is CC1(C)[C@H](NC(=O)c2cc3ccc4c(c3s2)CCCO4)C2CCN1CC2.Cl. The number of hydrogen-bond donors (Lipinski definition) is 1. The zero-order valence-electron chi connectivity index (χ0n) is 15.9. The third-order valence-corrected chi connectivity index (χ3v) is 7.88. The molecule has 0 aliphatic carbocycles. The number of hydrogen-bond acceptors (Lipinski definition) is 4. The maximum absolute atomic E-state index is 13.1. The van der Waals surface area contributed by atoms with Crippen molar-refractivity contribution in [2.75, 3.05) is 19.7 Å². The molecule has 27 heavy (non-hydrogen) atoms. The van der Waals surface area contributed by atoms with Crippen LogP contribution >= 0.6 is 23.7 Å². The Morgan fingerprint density at radius 3 is 2.81 bits per heavy atom. The number of carbonyl (C=O) groups excluding carboxylic acids is 1. The molecular formula is C21H27ClN2O2S. The zero-order valence-corrected chi connectivity index (χ0v) is 17.5. The summed E-state index contributed by atoms with van der Waals surface area (Å²) in [6, 6.07) is 6.44. The topological polar surface area (TPSA) is 41.6 Å². The van der Waals surface area contributed by atoms with Crippen LogP contribution in [0.5, 0.6) is 5.75 Å². The molecule has 3 saturated heterocycles. The quantitative estimate of drug-likeness (QED) is 0.810. The molecule has 0 spiro atoms. The van der Waals surface area contributed by atoms with Gasteiger partial charge in [-0.05, 0) is 82.1 Å². The molecule has 6 heteroatoms. The molecule has 4 aliphatic heterocycles. The number of rotatable bonds is 2. The van der Waals surface area contributed by atoms with Crippen molar-refractivity contribution in [3.8, 4) is 5.75 Å². The fourth-order valence-corrected chi connectivity index (χ4v) is 6.28. The van der Waals surface area contributed by atoms with E-state index in [0.717, 1.165) is 35.5 Å². The zero-order chi connectivity index (χ0) is 17.9. The monoisotopic (exact) mass is 406 g/mol. The number of halogens is 1. The maximum atomic E-state index is 13.1. The average Bonchev–Trinajstić information content (AvgIpc) is 3.10. The Bertz CT molecular complexity index is 870. The summed E-state index contributed by atoms with van der Waals surface area (Å²) in [6.45, 7) is 7.69. The van der Waals surface area contributed by atoms with Crippen LogP contribution in [0.25, 0.3) is 10.1 Å². The molecule has 0 saturated carbocycles. The second-order valence-corrected chi connectivity index (χ2v) is 9.50. The van der Waals surface area contributed by atoms with Crippen LogP contribution < -0.4 is 10.1 Å². The van der Waals surface area contributed by atoms with E-state index < -0.39 is 0 Å². The molecule has 6 rings (SSSR count). The predicted octanol–water partition coefficient (Wildman–Crippen LogP) is 4.25. The lowest BCUT2D eigenvalue weighted by molar-refractivity contribution is -0.0377. The molecule has 5 heterocycles. The van der Waals surface area contributed by atoms with E-state index in [2.05, 4.69) is 42.3 Å². The number of benzene rings is 1. The smallest absolute Gasteiger partial charge is 0.261 e. The second kappa shape index (κ2) is 6.94. The first-order valence-corrected chi connectivity index (χ1v) is 10.6. The summed E-state index contributed by atoms with van der Waals surface area (Å²) in [4.78, 5) is 16.4. The minimum atomic E-state index is 0. The van der Waals surface area contributed by atoms with E-state index in [1.165, 1.54) is 36.2 Å². The molecule has 146 valence electrons. The number of piperidine rings is 3. The summed E-state index contributed by atoms with van der Waals surface area (Å²) in [7, 11) is 0. The van der Waals surface area contributed by atoms with Gasteiger partial charge in [-0.1, -0.05) is 0 Å². The highest BCUT2D eigenvalue weighted by Crippen LogP contribution is 2.40. The summed E-state index contributed by atoms with van der Waals surface area (Å²) < 4.78 is 7.01. The Kier molecular flexibility index (Phi) is 4.90. The third kappa shape index (κ3) is 3.04. The van der Waals surface area contributed by atoms with Crippen LogP contribution in [0.15, 0.2) is 18.2 Å². The summed E-state index contributed by atoms with van der Waals surface area (Å²) >= 11 is 1.62. The van der Waals surface area contributed by atoms with Gasteiger partial charge in [0.2, 0.25) is 0 Å². The van der Waals surface area contributed by atoms with E-state index in [1.807, 2.05) is 0 Å². The molecule has 1 atom stereocenters. The van der Waals surface area contributed by atoms with Crippen LogP contribution in [0, 0.1) is 5.92 Å². The van der Waals surface area contributed by atoms with Crippen molar-refractivity contribution in [3.63, 3.8) is 0 Å². The normalized spacial score (nSPS) is 28.1. The van der Waals surface area contributed by atoms with Crippen molar-refractivity contribution in [2.24, 2.45) is 5.92 Å². The van der Waals surface area contributed by atoms with Crippen LogP contribution in [0.2, 0.25) is 0 Å². The van der Waals surface area contributed by atoms with Gasteiger partial charge in [-0.15, -0.1) is 23.7 Å². The van der Waals surface area contributed by atoms with Gasteiger partial charge >= 0.3 is 0 Å². The van der Waals surface area contributed by atoms with Crippen LogP contribution in [0.4, 0.5) is 0 Å². The Labute approximate surface area is 170 Å². The van der Waals surface area contributed by atoms with Gasteiger partial charge in [0, 0.05) is 21.8 Å². The molecule has 1 aromatic carbocycles. The van der Waals surface area contributed by atoms with Crippen molar-refractivity contribution in [3.05, 3.63) is 28.6 Å². The van der Waals surface area contributed by atoms with Gasteiger partial charge in [0.25, 0.3) is 5.91 Å². The average molecular weight is 407 g/mol. The van der Waals surface area contributed by atoms with Gasteiger partial charge in [-0.25, -0.2) is 0 Å². The summed E-state index contributed by atoms with van der Waals surface area (Å²) in [5.74, 6) is 1.69. The van der Waals surface area contributed by atoms with Gasteiger partial charge in [0.15, 0.2) is 0 Å². The summed E-state index contributed by atoms with van der Waals surface area (Å²) in [5.41, 5.74) is 1.32. The molecule has 1 amide bonds. The number of amides is 1. The van der Waals surface area contributed by atoms with E-state index in [4.69, 9.17) is 4.74 Å². The number of aryl methyl sites for hydroxylation is 1. The van der Waals surface area contributed by atoms with E-state index in [-0.39, 0.29) is 29.9 Å². The van der Waals surface area contributed by atoms with Gasteiger partial charge < -0.3 is 10.1 Å². The Morgan fingerprint density at radius 1 is 1.30 bits per heavy atom. The van der Waals surface area contributed by atoms with E-state index in [0.29, 0.717) is 5.92 Å². The van der Waals surface area contributed by atoms with Crippen LogP contribution in [0.1, 0.15) is 48.3 Å². The third-order valence-electron chi connectivity index (χ3n) is 6.67. The summed E-state index contributed by atoms with van der Waals surface area (Å²) in [5, 5.41) is 4.56. The van der Waals surface area contributed by atoms with Crippen molar-refractivity contribution < 1.29 is 9.53 Å². The van der Waals surface area contributed by atoms with E-state index in [9.17, 15) is 4.79 Å². The van der Waals surface area contributed by atoms with Crippen LogP contribution in [0.3, 0.4) is 0 Å². The Hall–Kier alpha value is -1.30. The van der Waals surface area contributed by atoms with Crippen LogP contribution in [-0.2, 0) is 6.42 Å². The van der Waals surface area contributed by atoms with Crippen LogP contribution in [-0.4, -0.2) is 42.1 Å². The summed E-state index contributed by atoms with van der Waals surface area (Å²) in [6.07, 6.45) is 4.50. The van der Waals surface area contributed by atoms with Gasteiger partial charge in [0.05, 0.1) is 11.5 Å². The lowest BCUT2D eigenvalue weighted by Gasteiger charge is -2.56. The van der Waals surface area contributed by atoms with Crippen molar-refractivity contribution in [1.29, 1.82) is 0 Å². The van der Waals surface area contributed by atoms with E-state index >= 15 is 0 Å². The second-order valence-electron chi connectivity index (χ2n) is 8.45. The number of nitrogens with zero attached hydrogens (tertiary/aromatic N) is 1. The lowest BCUT2D eigenvalue weighted by Crippen LogP contribution is -2.69. The molecule has 3 fully saturated rings. The van der Waals surface area contributed by atoms with Gasteiger partial charge in [-0.2, -0.15) is 0 Å². The first-order valence-electron chi connectivity index (χ1n) is 9.78. The standard InChI is InChI=1S/C21H26N2O2S.ClH/c1-21(2)19(13-7-9-23(21)10-8-13)22-20(24)17-12-14-5-6-16-15(18(14)26-17)4-3-11-25-16;/h5-6,12-13,19H,3-4,7-11H2,1-2H3,(H,22,24);1H/t19-;/m1./s1. The maximum Gasteiger partial charge on any atom is 0.261 e. The first kappa shape index (κ1) is 19.0. The molecule has 4 aliphatic rings. The predicted molar refractivity (Wildman–Crippen MR) is 113 cm³/mol. The Morgan fingerprint density at radius 2 is 2.07 bits per heavy atom. The van der Waals surface area contributed by atoms with Gasteiger partial charge in [-0.3, -0.25) is 9.69 Å². The van der Waals surface area contributed by atoms with Crippen molar-refractivity contribution in [1.82, 2.24) is 10.2 Å². The molecule has 0 unspecified atom stereocenters. The first-order chi connectivity index (χ1) is 12.5.